The first kappa shape index (κ1) is 20.4. The molecule has 3 aliphatic heterocycles. The Labute approximate surface area is 185 Å². The molecule has 0 saturated carbocycles. The zero-order valence-corrected chi connectivity index (χ0v) is 17.7. The van der Waals surface area contributed by atoms with Gasteiger partial charge in [-0.3, -0.25) is 9.59 Å². The Balaban J connectivity index is 1.44. The van der Waals surface area contributed by atoms with Crippen molar-refractivity contribution in [1.82, 2.24) is 14.9 Å². The number of carbonyl (C=O) groups is 2. The summed E-state index contributed by atoms with van der Waals surface area (Å²) in [5.74, 6) is 5.59. The number of anilines is 1. The number of nitrogens with two attached hydrogens (primary N) is 1. The van der Waals surface area contributed by atoms with Gasteiger partial charge in [-0.2, -0.15) is 0 Å². The maximum Gasteiger partial charge on any atom is 0.267 e. The molecule has 3 aliphatic rings. The molecule has 4 heterocycles. The Bertz CT molecular complexity index is 1170. The van der Waals surface area contributed by atoms with Crippen LogP contribution in [0.25, 0.3) is 11.4 Å². The molecule has 1 spiro atoms. The second kappa shape index (κ2) is 7.29. The Kier molecular flexibility index (Phi) is 4.65. The van der Waals surface area contributed by atoms with E-state index in [-0.39, 0.29) is 17.5 Å². The first-order chi connectivity index (χ1) is 15.3. The van der Waals surface area contributed by atoms with Crippen LogP contribution in [0.4, 0.5) is 5.82 Å². The molecule has 9 nitrogen and oxygen atoms in total. The number of amides is 2. The lowest BCUT2D eigenvalue weighted by atomic mass is 9.78. The zero-order valence-electron chi connectivity index (χ0n) is 17.7. The molecule has 0 bridgehead atoms. The number of hydrogen-bond donors (Lipinski definition) is 2. The van der Waals surface area contributed by atoms with Crippen molar-refractivity contribution in [1.29, 1.82) is 0 Å². The van der Waals surface area contributed by atoms with Gasteiger partial charge in [0.2, 0.25) is 5.60 Å². The number of likely N-dealkylation sites (N-methyl/N-ethyl adjacent to an activating group) is 1. The Morgan fingerprint density at radius 2 is 2.03 bits per heavy atom. The fourth-order valence-electron chi connectivity index (χ4n) is 4.23. The summed E-state index contributed by atoms with van der Waals surface area (Å²) in [5, 5.41) is 10.5. The SMILES string of the molecule is CN1CC[C@@](O)(C#Cc2cccc(-c3nc(C(N)=O)cc(N4CC5(COC5)C4)n3)c2)C1=O. The minimum absolute atomic E-state index is 0.140. The Morgan fingerprint density at radius 1 is 1.25 bits per heavy atom. The van der Waals surface area contributed by atoms with E-state index in [4.69, 9.17) is 10.5 Å². The fraction of sp³-hybridized carbons (Fsp3) is 0.391. The molecule has 1 aromatic carbocycles. The fourth-order valence-corrected chi connectivity index (χ4v) is 4.23. The van der Waals surface area contributed by atoms with E-state index in [0.29, 0.717) is 29.3 Å². The maximum atomic E-state index is 12.1. The van der Waals surface area contributed by atoms with Crippen molar-refractivity contribution in [3.63, 3.8) is 0 Å². The summed E-state index contributed by atoms with van der Waals surface area (Å²) >= 11 is 0. The third-order valence-electron chi connectivity index (χ3n) is 6.20. The minimum Gasteiger partial charge on any atom is -0.380 e. The molecule has 1 atom stereocenters. The second-order valence-corrected chi connectivity index (χ2v) is 8.82. The highest BCUT2D eigenvalue weighted by Crippen LogP contribution is 2.40. The Hall–Kier alpha value is -3.48. The number of primary amides is 1. The number of ether oxygens (including phenoxy) is 1. The summed E-state index contributed by atoms with van der Waals surface area (Å²) in [6.45, 7) is 3.58. The number of aromatic nitrogens is 2. The van der Waals surface area contributed by atoms with E-state index in [2.05, 4.69) is 26.7 Å². The lowest BCUT2D eigenvalue weighted by molar-refractivity contribution is -0.137. The first-order valence-electron chi connectivity index (χ1n) is 10.4. The van der Waals surface area contributed by atoms with Crippen molar-refractivity contribution in [3.8, 4) is 23.2 Å². The molecular formula is C23H23N5O4. The molecule has 3 saturated heterocycles. The Morgan fingerprint density at radius 3 is 2.66 bits per heavy atom. The molecule has 3 fully saturated rings. The molecule has 2 aromatic rings. The lowest BCUT2D eigenvalue weighted by Gasteiger charge is -2.55. The van der Waals surface area contributed by atoms with Crippen LogP contribution >= 0.6 is 0 Å². The summed E-state index contributed by atoms with van der Waals surface area (Å²) in [5.41, 5.74) is 5.44. The van der Waals surface area contributed by atoms with Crippen LogP contribution in [0.3, 0.4) is 0 Å². The van der Waals surface area contributed by atoms with E-state index in [9.17, 15) is 14.7 Å². The van der Waals surface area contributed by atoms with Crippen molar-refractivity contribution in [2.45, 2.75) is 12.0 Å². The van der Waals surface area contributed by atoms with Gasteiger partial charge in [-0.1, -0.05) is 24.0 Å². The third-order valence-corrected chi connectivity index (χ3v) is 6.20. The van der Waals surface area contributed by atoms with Crippen molar-refractivity contribution < 1.29 is 19.4 Å². The van der Waals surface area contributed by atoms with Crippen molar-refractivity contribution in [3.05, 3.63) is 41.6 Å². The van der Waals surface area contributed by atoms with Gasteiger partial charge in [-0.25, -0.2) is 9.97 Å². The smallest absolute Gasteiger partial charge is 0.267 e. The van der Waals surface area contributed by atoms with E-state index in [1.165, 1.54) is 4.90 Å². The zero-order chi connectivity index (χ0) is 22.5. The van der Waals surface area contributed by atoms with Gasteiger partial charge in [0.1, 0.15) is 11.5 Å². The number of hydrogen-bond acceptors (Lipinski definition) is 7. The van der Waals surface area contributed by atoms with Gasteiger partial charge >= 0.3 is 0 Å². The number of nitrogens with zero attached hydrogens (tertiary/aromatic N) is 4. The molecule has 3 N–H and O–H groups in total. The first-order valence-corrected chi connectivity index (χ1v) is 10.4. The average Bonchev–Trinajstić information content (AvgIpc) is 2.98. The molecule has 0 aliphatic carbocycles. The normalized spacial score (nSPS) is 23.4. The summed E-state index contributed by atoms with van der Waals surface area (Å²) in [4.78, 5) is 36.6. The van der Waals surface area contributed by atoms with Crippen LogP contribution in [-0.4, -0.2) is 77.3 Å². The van der Waals surface area contributed by atoms with Gasteiger partial charge in [0.25, 0.3) is 11.8 Å². The van der Waals surface area contributed by atoms with Gasteiger partial charge in [0, 0.05) is 50.3 Å². The molecule has 32 heavy (non-hydrogen) atoms. The topological polar surface area (TPSA) is 122 Å². The maximum absolute atomic E-state index is 12.1. The van der Waals surface area contributed by atoms with Gasteiger partial charge in [-0.05, 0) is 12.1 Å². The van der Waals surface area contributed by atoms with E-state index >= 15 is 0 Å². The second-order valence-electron chi connectivity index (χ2n) is 8.82. The van der Waals surface area contributed by atoms with E-state index in [1.807, 2.05) is 6.07 Å². The van der Waals surface area contributed by atoms with E-state index in [1.54, 1.807) is 31.3 Å². The van der Waals surface area contributed by atoms with E-state index in [0.717, 1.165) is 26.3 Å². The average molecular weight is 433 g/mol. The van der Waals surface area contributed by atoms with Crippen LogP contribution in [0.2, 0.25) is 0 Å². The van der Waals surface area contributed by atoms with Crippen LogP contribution in [0, 0.1) is 17.3 Å². The highest BCUT2D eigenvalue weighted by Gasteiger charge is 2.49. The largest absolute Gasteiger partial charge is 0.380 e. The highest BCUT2D eigenvalue weighted by atomic mass is 16.5. The van der Waals surface area contributed by atoms with Gasteiger partial charge < -0.3 is 25.4 Å². The monoisotopic (exact) mass is 433 g/mol. The molecule has 164 valence electrons. The quantitative estimate of drug-likeness (QED) is 0.655. The van der Waals surface area contributed by atoms with Crippen molar-refractivity contribution in [2.75, 3.05) is 44.8 Å². The molecule has 0 radical (unpaired) electrons. The molecule has 9 heteroatoms. The summed E-state index contributed by atoms with van der Waals surface area (Å²) < 4.78 is 5.32. The van der Waals surface area contributed by atoms with Crippen LogP contribution in [0.1, 0.15) is 22.5 Å². The summed E-state index contributed by atoms with van der Waals surface area (Å²) in [7, 11) is 1.64. The van der Waals surface area contributed by atoms with Crippen LogP contribution in [-0.2, 0) is 9.53 Å². The van der Waals surface area contributed by atoms with Gasteiger partial charge in [-0.15, -0.1) is 0 Å². The summed E-state index contributed by atoms with van der Waals surface area (Å²) in [6, 6.07) is 8.75. The molecular weight excluding hydrogens is 410 g/mol. The van der Waals surface area contributed by atoms with Crippen LogP contribution in [0.5, 0.6) is 0 Å². The highest BCUT2D eigenvalue weighted by molar-refractivity contribution is 5.92. The van der Waals surface area contributed by atoms with Crippen molar-refractivity contribution in [2.24, 2.45) is 11.1 Å². The molecule has 0 unspecified atom stereocenters. The van der Waals surface area contributed by atoms with Gasteiger partial charge in [0.05, 0.1) is 18.6 Å². The molecule has 5 rings (SSSR count). The van der Waals surface area contributed by atoms with E-state index < -0.39 is 17.4 Å². The number of aliphatic hydroxyl groups is 1. The number of rotatable bonds is 3. The van der Waals surface area contributed by atoms with Crippen LogP contribution < -0.4 is 10.6 Å². The molecule has 1 aromatic heterocycles. The standard InChI is InChI=1S/C23H23N5O4/c1-27-8-7-23(31,21(27)30)6-5-15-3-2-4-16(9-15)20-25-17(19(24)29)10-18(26-20)28-11-22(12-28)13-32-14-22/h2-4,9-10,31H,7-8,11-14H2,1H3,(H2,24,29)/t23-/m0/s1. The minimum atomic E-state index is -1.67. The predicted octanol–water partition coefficient (Wildman–Crippen LogP) is 0.0238. The predicted molar refractivity (Wildman–Crippen MR) is 116 cm³/mol. The number of carbonyl (C=O) groups excluding carboxylic acids is 2. The van der Waals surface area contributed by atoms with Crippen LogP contribution in [0.15, 0.2) is 30.3 Å². The summed E-state index contributed by atoms with van der Waals surface area (Å²) in [6.07, 6.45) is 0.268. The number of likely N-dealkylation sites (tertiary alicyclic amines) is 1. The van der Waals surface area contributed by atoms with Gasteiger partial charge in [0.15, 0.2) is 5.82 Å². The van der Waals surface area contributed by atoms with Crippen molar-refractivity contribution >= 4 is 17.6 Å². The number of benzene rings is 1. The molecule has 2 amide bonds. The lowest BCUT2D eigenvalue weighted by Crippen LogP contribution is -2.66. The third kappa shape index (κ3) is 3.47.